The van der Waals surface area contributed by atoms with Crippen molar-refractivity contribution in [3.63, 3.8) is 0 Å². The predicted octanol–water partition coefficient (Wildman–Crippen LogP) is 3.85. The van der Waals surface area contributed by atoms with Gasteiger partial charge in [0.05, 0.1) is 0 Å². The number of hydrogen-bond acceptors (Lipinski definition) is 3. The Balaban J connectivity index is 1.74. The number of urea groups is 1. The number of pyridine rings is 1. The number of aryl methyl sites for hydroxylation is 1. The molecule has 0 fully saturated rings. The fourth-order valence-electron chi connectivity index (χ4n) is 1.86. The van der Waals surface area contributed by atoms with Crippen molar-refractivity contribution >= 4 is 23.4 Å². The molecule has 0 aliphatic carbocycles. The lowest BCUT2D eigenvalue weighted by Gasteiger charge is -2.09. The van der Waals surface area contributed by atoms with Gasteiger partial charge in [-0.3, -0.25) is 5.32 Å². The van der Waals surface area contributed by atoms with Crippen molar-refractivity contribution in [1.29, 1.82) is 0 Å². The molecule has 0 saturated carbocycles. The molecule has 22 heavy (non-hydrogen) atoms. The lowest BCUT2D eigenvalue weighted by atomic mass is 10.1. The fourth-order valence-corrected chi connectivity index (χ4v) is 2.02. The van der Waals surface area contributed by atoms with Gasteiger partial charge in [-0.25, -0.2) is 9.78 Å². The van der Waals surface area contributed by atoms with E-state index in [9.17, 15) is 4.79 Å². The van der Waals surface area contributed by atoms with E-state index in [1.165, 1.54) is 11.8 Å². The number of anilines is 1. The van der Waals surface area contributed by atoms with Crippen LogP contribution in [0.2, 0.25) is 5.02 Å². The normalized spacial score (nSPS) is 10.1. The second-order valence-corrected chi connectivity index (χ2v) is 5.11. The van der Waals surface area contributed by atoms with Gasteiger partial charge in [-0.1, -0.05) is 37.1 Å². The Morgan fingerprint density at radius 2 is 2.05 bits per heavy atom. The van der Waals surface area contributed by atoms with Gasteiger partial charge in [0, 0.05) is 11.2 Å². The maximum atomic E-state index is 11.7. The van der Waals surface area contributed by atoms with Crippen LogP contribution in [0.1, 0.15) is 18.9 Å². The molecule has 2 aromatic rings. The molecule has 1 heterocycles. The van der Waals surface area contributed by atoms with Crippen molar-refractivity contribution in [2.45, 2.75) is 19.8 Å². The van der Waals surface area contributed by atoms with Crippen molar-refractivity contribution in [3.05, 3.63) is 53.2 Å². The lowest BCUT2D eigenvalue weighted by molar-refractivity contribution is 0.234. The molecule has 1 aromatic carbocycles. The van der Waals surface area contributed by atoms with Crippen LogP contribution in [-0.2, 0) is 6.42 Å². The third kappa shape index (κ3) is 5.26. The maximum Gasteiger partial charge on any atom is 0.323 e. The van der Waals surface area contributed by atoms with E-state index in [-0.39, 0.29) is 6.73 Å². The summed E-state index contributed by atoms with van der Waals surface area (Å²) in [4.78, 5) is 15.6. The molecule has 0 aliphatic heterocycles. The minimum absolute atomic E-state index is 0.0690. The second kappa shape index (κ2) is 8.24. The number of amides is 2. The molecule has 0 bridgehead atoms. The SMILES string of the molecule is CCCc1ccc(OCNC(=O)Nc2cc(Cl)ccn2)cc1. The standard InChI is InChI=1S/C16H18ClN3O2/c1-2-3-12-4-6-14(7-5-12)22-11-19-16(21)20-15-10-13(17)8-9-18-15/h4-10H,2-3,11H2,1H3,(H2,18,19,20,21). The molecule has 2 rings (SSSR count). The molecule has 6 heteroatoms. The molecule has 2 amide bonds. The van der Waals surface area contributed by atoms with E-state index in [1.54, 1.807) is 12.1 Å². The van der Waals surface area contributed by atoms with E-state index in [0.717, 1.165) is 12.8 Å². The molecule has 0 atom stereocenters. The van der Waals surface area contributed by atoms with Gasteiger partial charge in [0.2, 0.25) is 0 Å². The zero-order chi connectivity index (χ0) is 15.8. The summed E-state index contributed by atoms with van der Waals surface area (Å²) in [6.07, 6.45) is 3.68. The van der Waals surface area contributed by atoms with Gasteiger partial charge in [-0.15, -0.1) is 0 Å². The summed E-state index contributed by atoms with van der Waals surface area (Å²) in [6, 6.07) is 10.6. The molecule has 5 nitrogen and oxygen atoms in total. The molecule has 2 N–H and O–H groups in total. The van der Waals surface area contributed by atoms with E-state index < -0.39 is 6.03 Å². The zero-order valence-electron chi connectivity index (χ0n) is 12.3. The Hall–Kier alpha value is -2.27. The Morgan fingerprint density at radius 1 is 1.27 bits per heavy atom. The van der Waals surface area contributed by atoms with E-state index in [1.807, 2.05) is 24.3 Å². The van der Waals surface area contributed by atoms with Gasteiger partial charge in [0.15, 0.2) is 6.73 Å². The molecule has 0 spiro atoms. The minimum Gasteiger partial charge on any atom is -0.473 e. The molecular weight excluding hydrogens is 302 g/mol. The van der Waals surface area contributed by atoms with Crippen LogP contribution in [-0.4, -0.2) is 17.7 Å². The molecule has 116 valence electrons. The Bertz CT molecular complexity index is 617. The highest BCUT2D eigenvalue weighted by molar-refractivity contribution is 6.30. The topological polar surface area (TPSA) is 63.2 Å². The average molecular weight is 320 g/mol. The summed E-state index contributed by atoms with van der Waals surface area (Å²) in [5.74, 6) is 1.09. The summed E-state index contributed by atoms with van der Waals surface area (Å²) >= 11 is 5.81. The highest BCUT2D eigenvalue weighted by Crippen LogP contribution is 2.13. The summed E-state index contributed by atoms with van der Waals surface area (Å²) in [7, 11) is 0. The quantitative estimate of drug-likeness (QED) is 0.795. The van der Waals surface area contributed by atoms with Crippen LogP contribution in [0, 0.1) is 0 Å². The Kier molecular flexibility index (Phi) is 6.03. The minimum atomic E-state index is -0.405. The number of rotatable bonds is 6. The molecule has 0 saturated heterocycles. The molecule has 0 aliphatic rings. The first-order chi connectivity index (χ1) is 10.7. The van der Waals surface area contributed by atoms with Crippen molar-refractivity contribution in [3.8, 4) is 5.75 Å². The molecule has 1 aromatic heterocycles. The molecular formula is C16H18ClN3O2. The Morgan fingerprint density at radius 3 is 2.73 bits per heavy atom. The van der Waals surface area contributed by atoms with Crippen LogP contribution in [0.5, 0.6) is 5.75 Å². The predicted molar refractivity (Wildman–Crippen MR) is 87.3 cm³/mol. The number of ether oxygens (including phenoxy) is 1. The van der Waals surface area contributed by atoms with Crippen LogP contribution in [0.25, 0.3) is 0 Å². The number of nitrogens with one attached hydrogen (secondary N) is 2. The van der Waals surface area contributed by atoms with Crippen molar-refractivity contribution in [2.75, 3.05) is 12.0 Å². The first kappa shape index (κ1) is 16.1. The maximum absolute atomic E-state index is 11.7. The fraction of sp³-hybridized carbons (Fsp3) is 0.250. The van der Waals surface area contributed by atoms with Gasteiger partial charge in [0.1, 0.15) is 11.6 Å². The first-order valence-electron chi connectivity index (χ1n) is 7.05. The Labute approximate surface area is 134 Å². The van der Waals surface area contributed by atoms with E-state index in [2.05, 4.69) is 22.5 Å². The van der Waals surface area contributed by atoms with Gasteiger partial charge in [0.25, 0.3) is 0 Å². The van der Waals surface area contributed by atoms with Gasteiger partial charge >= 0.3 is 6.03 Å². The highest BCUT2D eigenvalue weighted by Gasteiger charge is 2.03. The average Bonchev–Trinajstić information content (AvgIpc) is 2.49. The van der Waals surface area contributed by atoms with Crippen LogP contribution in [0.15, 0.2) is 42.6 Å². The number of halogens is 1. The number of aromatic nitrogens is 1. The summed E-state index contributed by atoms with van der Waals surface area (Å²) in [5.41, 5.74) is 1.27. The molecule has 0 radical (unpaired) electrons. The third-order valence-corrected chi connectivity index (χ3v) is 3.13. The zero-order valence-corrected chi connectivity index (χ0v) is 13.1. The van der Waals surface area contributed by atoms with Crippen molar-refractivity contribution in [1.82, 2.24) is 10.3 Å². The third-order valence-electron chi connectivity index (χ3n) is 2.90. The van der Waals surface area contributed by atoms with Gasteiger partial charge in [-0.05, 0) is 36.2 Å². The number of nitrogens with zero attached hydrogens (tertiary/aromatic N) is 1. The van der Waals surface area contributed by atoms with Crippen LogP contribution >= 0.6 is 11.6 Å². The summed E-state index contributed by atoms with van der Waals surface area (Å²) < 4.78 is 5.45. The summed E-state index contributed by atoms with van der Waals surface area (Å²) in [5, 5.41) is 5.66. The van der Waals surface area contributed by atoms with Gasteiger partial charge in [-0.2, -0.15) is 0 Å². The lowest BCUT2D eigenvalue weighted by Crippen LogP contribution is -2.32. The highest BCUT2D eigenvalue weighted by atomic mass is 35.5. The second-order valence-electron chi connectivity index (χ2n) is 4.67. The van der Waals surface area contributed by atoms with Crippen molar-refractivity contribution in [2.24, 2.45) is 0 Å². The number of hydrogen-bond donors (Lipinski definition) is 2. The van der Waals surface area contributed by atoms with Crippen LogP contribution in [0.3, 0.4) is 0 Å². The number of carbonyl (C=O) groups excluding carboxylic acids is 1. The molecule has 0 unspecified atom stereocenters. The largest absolute Gasteiger partial charge is 0.473 e. The van der Waals surface area contributed by atoms with Gasteiger partial charge < -0.3 is 10.1 Å². The monoisotopic (exact) mass is 319 g/mol. The smallest absolute Gasteiger partial charge is 0.323 e. The van der Waals surface area contributed by atoms with Crippen molar-refractivity contribution < 1.29 is 9.53 Å². The number of benzene rings is 1. The number of carbonyl (C=O) groups is 1. The summed E-state index contributed by atoms with van der Waals surface area (Å²) in [6.45, 7) is 2.21. The first-order valence-corrected chi connectivity index (χ1v) is 7.43. The van der Waals surface area contributed by atoms with E-state index in [4.69, 9.17) is 16.3 Å². The van der Waals surface area contributed by atoms with Crippen LogP contribution < -0.4 is 15.4 Å². The van der Waals surface area contributed by atoms with Crippen LogP contribution in [0.4, 0.5) is 10.6 Å². The van der Waals surface area contributed by atoms with E-state index >= 15 is 0 Å². The van der Waals surface area contributed by atoms with E-state index in [0.29, 0.717) is 16.6 Å².